The molecule has 0 aliphatic rings. The lowest BCUT2D eigenvalue weighted by Crippen LogP contribution is -2.26. The molecule has 0 aliphatic carbocycles. The number of hydrogen-bond donors (Lipinski definition) is 4. The van der Waals surface area contributed by atoms with E-state index >= 15 is 0 Å². The van der Waals surface area contributed by atoms with Crippen LogP contribution in [0.25, 0.3) is 0 Å². The third-order valence-corrected chi connectivity index (χ3v) is 1.58. The van der Waals surface area contributed by atoms with Gasteiger partial charge in [-0.3, -0.25) is 4.99 Å². The van der Waals surface area contributed by atoms with E-state index in [0.29, 0.717) is 6.54 Å². The lowest BCUT2D eigenvalue weighted by molar-refractivity contribution is 0.964. The summed E-state index contributed by atoms with van der Waals surface area (Å²) in [4.78, 5) is 10.5. The number of aromatic nitrogens is 1. The fraction of sp³-hybridized carbons (Fsp3) is 0.250. The van der Waals surface area contributed by atoms with E-state index < -0.39 is 0 Å². The fourth-order valence-electron chi connectivity index (χ4n) is 0.981. The van der Waals surface area contributed by atoms with E-state index in [0.717, 1.165) is 6.42 Å². The Kier molecular flexibility index (Phi) is 3.54. The van der Waals surface area contributed by atoms with Crippen LogP contribution in [-0.2, 0) is 6.42 Å². The summed E-state index contributed by atoms with van der Waals surface area (Å²) in [5.74, 6) is 0.0356. The van der Waals surface area contributed by atoms with Crippen LogP contribution in [0.2, 0.25) is 0 Å². The van der Waals surface area contributed by atoms with Crippen molar-refractivity contribution < 1.29 is 0 Å². The summed E-state index contributed by atoms with van der Waals surface area (Å²) in [6.45, 7) is 0.570. The molecular weight excluding hydrogens is 180 g/mol. The molecule has 1 rings (SSSR count). The lowest BCUT2D eigenvalue weighted by Gasteiger charge is -1.94. The van der Waals surface area contributed by atoms with Crippen molar-refractivity contribution in [1.29, 1.82) is 0 Å². The number of nitrogens with zero attached hydrogens (tertiary/aromatic N) is 2. The molecule has 0 atom stereocenters. The number of guanidine groups is 2. The van der Waals surface area contributed by atoms with Crippen molar-refractivity contribution in [3.8, 4) is 0 Å². The van der Waals surface area contributed by atoms with Gasteiger partial charge in [-0.2, -0.15) is 4.99 Å². The minimum absolute atomic E-state index is 0.0760. The van der Waals surface area contributed by atoms with Crippen LogP contribution in [0, 0.1) is 0 Å². The molecule has 6 nitrogen and oxygen atoms in total. The molecule has 0 amide bonds. The third kappa shape index (κ3) is 3.61. The van der Waals surface area contributed by atoms with Gasteiger partial charge in [0.1, 0.15) is 0 Å². The minimum Gasteiger partial charge on any atom is -0.370 e. The predicted molar refractivity (Wildman–Crippen MR) is 56.8 cm³/mol. The summed E-state index contributed by atoms with van der Waals surface area (Å²) in [5, 5.41) is 0. The summed E-state index contributed by atoms with van der Waals surface area (Å²) in [6, 6.07) is 1.98. The molecule has 0 unspecified atom stereocenters. The van der Waals surface area contributed by atoms with Crippen molar-refractivity contribution in [3.05, 3.63) is 24.0 Å². The molecule has 1 heterocycles. The van der Waals surface area contributed by atoms with E-state index in [1.165, 1.54) is 5.56 Å². The Bertz CT molecular complexity index is 320. The van der Waals surface area contributed by atoms with Crippen LogP contribution in [0.5, 0.6) is 0 Å². The minimum atomic E-state index is -0.0760. The zero-order chi connectivity index (χ0) is 10.4. The van der Waals surface area contributed by atoms with Gasteiger partial charge < -0.3 is 22.2 Å². The van der Waals surface area contributed by atoms with Crippen molar-refractivity contribution in [2.24, 2.45) is 27.2 Å². The van der Waals surface area contributed by atoms with Gasteiger partial charge in [-0.15, -0.1) is 0 Å². The predicted octanol–water partition coefficient (Wildman–Crippen LogP) is -0.855. The fourth-order valence-corrected chi connectivity index (χ4v) is 0.981. The standard InChI is InChI=1S/C8H14N6/c9-7(10)14-8(11)13-4-2-6-1-3-12-5-6/h1,3,5,12H,2,4H2,(H6,9,10,11,13,14). The molecule has 0 aliphatic heterocycles. The second-order valence-electron chi connectivity index (χ2n) is 2.75. The van der Waals surface area contributed by atoms with Crippen molar-refractivity contribution in [1.82, 2.24) is 4.98 Å². The van der Waals surface area contributed by atoms with Crippen LogP contribution in [0.4, 0.5) is 0 Å². The Morgan fingerprint density at radius 3 is 2.71 bits per heavy atom. The SMILES string of the molecule is NC(N)=NC(N)=NCCc1cc[nH]c1. The average molecular weight is 194 g/mol. The molecule has 6 heteroatoms. The molecule has 14 heavy (non-hydrogen) atoms. The molecule has 0 radical (unpaired) electrons. The normalized spacial score (nSPS) is 11.3. The second-order valence-corrected chi connectivity index (χ2v) is 2.75. The molecule has 0 saturated heterocycles. The number of rotatable bonds is 3. The maximum Gasteiger partial charge on any atom is 0.218 e. The van der Waals surface area contributed by atoms with E-state index in [-0.39, 0.29) is 11.9 Å². The van der Waals surface area contributed by atoms with Gasteiger partial charge in [0.25, 0.3) is 0 Å². The lowest BCUT2D eigenvalue weighted by atomic mass is 10.2. The first-order chi connectivity index (χ1) is 6.68. The van der Waals surface area contributed by atoms with Crippen molar-refractivity contribution >= 4 is 11.9 Å². The van der Waals surface area contributed by atoms with Crippen LogP contribution >= 0.6 is 0 Å². The molecule has 0 spiro atoms. The van der Waals surface area contributed by atoms with E-state index in [1.54, 1.807) is 0 Å². The number of nitrogens with two attached hydrogens (primary N) is 3. The molecular formula is C8H14N6. The first-order valence-corrected chi connectivity index (χ1v) is 4.19. The highest BCUT2D eigenvalue weighted by Crippen LogP contribution is 1.97. The van der Waals surface area contributed by atoms with Gasteiger partial charge in [0.2, 0.25) is 5.96 Å². The van der Waals surface area contributed by atoms with Gasteiger partial charge in [0, 0.05) is 18.9 Å². The largest absolute Gasteiger partial charge is 0.370 e. The molecule has 76 valence electrons. The second kappa shape index (κ2) is 4.90. The maximum absolute atomic E-state index is 5.41. The van der Waals surface area contributed by atoms with Crippen LogP contribution in [-0.4, -0.2) is 23.4 Å². The maximum atomic E-state index is 5.41. The number of aromatic amines is 1. The third-order valence-electron chi connectivity index (χ3n) is 1.58. The van der Waals surface area contributed by atoms with Gasteiger partial charge in [0.05, 0.1) is 0 Å². The summed E-state index contributed by atoms with van der Waals surface area (Å²) < 4.78 is 0. The Morgan fingerprint density at radius 2 is 2.14 bits per heavy atom. The molecule has 0 bridgehead atoms. The van der Waals surface area contributed by atoms with Gasteiger partial charge in [-0.25, -0.2) is 0 Å². The molecule has 1 aromatic rings. The summed E-state index contributed by atoms with van der Waals surface area (Å²) in [7, 11) is 0. The molecule has 0 saturated carbocycles. The Balaban J connectivity index is 2.37. The number of aliphatic imine (C=N–C) groups is 2. The highest BCUT2D eigenvalue weighted by Gasteiger charge is 1.92. The smallest absolute Gasteiger partial charge is 0.218 e. The van der Waals surface area contributed by atoms with E-state index in [1.807, 2.05) is 18.5 Å². The van der Waals surface area contributed by atoms with Crippen LogP contribution < -0.4 is 17.2 Å². The van der Waals surface area contributed by atoms with E-state index in [9.17, 15) is 0 Å². The Hall–Kier alpha value is -1.98. The molecule has 7 N–H and O–H groups in total. The summed E-state index contributed by atoms with van der Waals surface area (Å²) in [5.41, 5.74) is 16.8. The molecule has 0 fully saturated rings. The zero-order valence-electron chi connectivity index (χ0n) is 7.77. The average Bonchev–Trinajstić information content (AvgIpc) is 2.55. The van der Waals surface area contributed by atoms with E-state index in [2.05, 4.69) is 15.0 Å². The van der Waals surface area contributed by atoms with E-state index in [4.69, 9.17) is 17.2 Å². The number of hydrogen-bond acceptors (Lipinski definition) is 1. The Labute approximate surface area is 81.9 Å². The highest BCUT2D eigenvalue weighted by atomic mass is 15.1. The number of nitrogens with one attached hydrogen (secondary N) is 1. The van der Waals surface area contributed by atoms with Gasteiger partial charge in [-0.1, -0.05) is 0 Å². The number of H-pyrrole nitrogens is 1. The van der Waals surface area contributed by atoms with Gasteiger partial charge in [-0.05, 0) is 18.1 Å². The Morgan fingerprint density at radius 1 is 1.36 bits per heavy atom. The van der Waals surface area contributed by atoms with Gasteiger partial charge in [0.15, 0.2) is 5.96 Å². The van der Waals surface area contributed by atoms with Gasteiger partial charge >= 0.3 is 0 Å². The molecule has 1 aromatic heterocycles. The highest BCUT2D eigenvalue weighted by molar-refractivity contribution is 5.92. The first kappa shape index (κ1) is 10.1. The van der Waals surface area contributed by atoms with Crippen LogP contribution in [0.3, 0.4) is 0 Å². The zero-order valence-corrected chi connectivity index (χ0v) is 7.77. The van der Waals surface area contributed by atoms with Crippen molar-refractivity contribution in [2.75, 3.05) is 6.54 Å². The van der Waals surface area contributed by atoms with Crippen molar-refractivity contribution in [2.45, 2.75) is 6.42 Å². The first-order valence-electron chi connectivity index (χ1n) is 4.19. The summed E-state index contributed by atoms with van der Waals surface area (Å²) in [6.07, 6.45) is 4.58. The van der Waals surface area contributed by atoms with Crippen LogP contribution in [0.15, 0.2) is 28.4 Å². The topological polar surface area (TPSA) is 119 Å². The molecule has 0 aromatic carbocycles. The van der Waals surface area contributed by atoms with Crippen molar-refractivity contribution in [3.63, 3.8) is 0 Å². The summed E-state index contributed by atoms with van der Waals surface area (Å²) >= 11 is 0. The van der Waals surface area contributed by atoms with Crippen LogP contribution in [0.1, 0.15) is 5.56 Å². The quantitative estimate of drug-likeness (QED) is 0.370. The monoisotopic (exact) mass is 194 g/mol.